The largest absolute Gasteiger partial charge is 0.426 e. The van der Waals surface area contributed by atoms with Crippen molar-refractivity contribution in [3.8, 4) is 0 Å². The van der Waals surface area contributed by atoms with Crippen molar-refractivity contribution in [1.82, 2.24) is 9.21 Å². The van der Waals surface area contributed by atoms with Crippen molar-refractivity contribution in [2.45, 2.75) is 81.6 Å². The number of piperidine rings is 2. The Morgan fingerprint density at radius 1 is 1.02 bits per heavy atom. The molecule has 0 N–H and O–H groups in total. The fourth-order valence-corrected chi connectivity index (χ4v) is 8.59. The highest BCUT2D eigenvalue weighted by molar-refractivity contribution is 7.96. The fraction of sp³-hybridized carbons (Fsp3) is 0.607. The van der Waals surface area contributed by atoms with Gasteiger partial charge in [-0.05, 0) is 56.4 Å². The molecule has 3 heterocycles. The molecular formula is C28H34F5N3O2S2. The number of thiocarbonyl (C=S) groups is 1. The standard InChI is InChI=1S/C28H34F5N3O2S2/c1-27(30,28(31,32)33)19-9-11-21(12-10-19)35-14-13-34(40(37,38)26-8-3-2-7-25(26)39)17-24(35)18-36-22-5-4-6-23(36)16-20(29)15-22/h2-3,8-12,20,22-24H,4-7,13-18H2,1H3/t20?,22?,23?,24-,27?/m1/s1. The SMILES string of the molecule is CC(F)(c1ccc(N2CCN(S(=O)(=O)C3=CC=CCC3=S)C[C@@H]2CN2C3CCCC2CC(F)C3)cc1)C(F)(F)F. The number of hydrogen-bond donors (Lipinski definition) is 0. The van der Waals surface area contributed by atoms with E-state index in [1.165, 1.54) is 22.5 Å². The summed E-state index contributed by atoms with van der Waals surface area (Å²) in [6.07, 6.45) is 3.14. The lowest BCUT2D eigenvalue weighted by Crippen LogP contribution is -2.62. The van der Waals surface area contributed by atoms with Gasteiger partial charge in [-0.2, -0.15) is 17.5 Å². The average Bonchev–Trinajstić information content (AvgIpc) is 2.89. The zero-order chi connectivity index (χ0) is 28.9. The maximum absolute atomic E-state index is 14.6. The van der Waals surface area contributed by atoms with Gasteiger partial charge >= 0.3 is 6.18 Å². The predicted molar refractivity (Wildman–Crippen MR) is 149 cm³/mol. The second-order valence-electron chi connectivity index (χ2n) is 11.3. The Balaban J connectivity index is 1.44. The number of piperazine rings is 1. The summed E-state index contributed by atoms with van der Waals surface area (Å²) in [4.78, 5) is 4.77. The van der Waals surface area contributed by atoms with E-state index in [-0.39, 0.29) is 36.1 Å². The summed E-state index contributed by atoms with van der Waals surface area (Å²) in [5, 5.41) is 0. The number of sulfonamides is 1. The van der Waals surface area contributed by atoms with Crippen LogP contribution < -0.4 is 4.90 Å². The predicted octanol–water partition coefficient (Wildman–Crippen LogP) is 5.82. The van der Waals surface area contributed by atoms with Crippen LogP contribution in [0.15, 0.2) is 47.4 Å². The molecule has 5 rings (SSSR count). The van der Waals surface area contributed by atoms with E-state index < -0.39 is 33.6 Å². The summed E-state index contributed by atoms with van der Waals surface area (Å²) >= 11 is 5.35. The first-order chi connectivity index (χ1) is 18.8. The third-order valence-electron chi connectivity index (χ3n) is 8.79. The highest BCUT2D eigenvalue weighted by Gasteiger charge is 2.53. The summed E-state index contributed by atoms with van der Waals surface area (Å²) in [5.74, 6) is 0. The number of rotatable bonds is 6. The number of fused-ring (bicyclic) bond motifs is 2. The molecule has 0 radical (unpaired) electrons. The monoisotopic (exact) mass is 603 g/mol. The van der Waals surface area contributed by atoms with Gasteiger partial charge in [0.25, 0.3) is 0 Å². The Bertz CT molecular complexity index is 1270. The highest BCUT2D eigenvalue weighted by atomic mass is 32.2. The molecule has 3 aliphatic heterocycles. The molecule has 0 saturated carbocycles. The normalized spacial score (nSPS) is 30.2. The van der Waals surface area contributed by atoms with Crippen LogP contribution in [0.3, 0.4) is 0 Å². The highest BCUT2D eigenvalue weighted by Crippen LogP contribution is 2.43. The minimum atomic E-state index is -5.05. The molecule has 0 spiro atoms. The van der Waals surface area contributed by atoms with E-state index in [0.29, 0.717) is 49.8 Å². The van der Waals surface area contributed by atoms with Crippen LogP contribution in [-0.4, -0.2) is 79.1 Å². The average molecular weight is 604 g/mol. The molecule has 1 aliphatic carbocycles. The van der Waals surface area contributed by atoms with Gasteiger partial charge in [-0.25, -0.2) is 17.2 Å². The van der Waals surface area contributed by atoms with E-state index in [4.69, 9.17) is 12.2 Å². The van der Waals surface area contributed by atoms with Crippen LogP contribution >= 0.6 is 12.2 Å². The molecule has 220 valence electrons. The Labute approximate surface area is 237 Å². The summed E-state index contributed by atoms with van der Waals surface area (Å²) in [5.41, 5.74) is -3.40. The molecule has 12 heteroatoms. The molecule has 4 aliphatic rings. The number of anilines is 1. The molecule has 3 fully saturated rings. The maximum atomic E-state index is 14.6. The van der Waals surface area contributed by atoms with Crippen molar-refractivity contribution in [3.05, 3.63) is 53.0 Å². The lowest BCUT2D eigenvalue weighted by molar-refractivity contribution is -0.228. The van der Waals surface area contributed by atoms with Crippen LogP contribution in [0.5, 0.6) is 0 Å². The first-order valence-electron chi connectivity index (χ1n) is 13.7. The van der Waals surface area contributed by atoms with Crippen LogP contribution in [0.2, 0.25) is 0 Å². The Kier molecular flexibility index (Phi) is 8.19. The Hall–Kier alpha value is -1.89. The summed E-state index contributed by atoms with van der Waals surface area (Å²) in [6, 6.07) is 5.01. The van der Waals surface area contributed by atoms with E-state index in [1.54, 1.807) is 12.2 Å². The minimum absolute atomic E-state index is 0.0662. The van der Waals surface area contributed by atoms with Gasteiger partial charge in [0, 0.05) is 55.2 Å². The zero-order valence-corrected chi connectivity index (χ0v) is 23.9. The van der Waals surface area contributed by atoms with Crippen molar-refractivity contribution in [2.75, 3.05) is 31.1 Å². The zero-order valence-electron chi connectivity index (χ0n) is 22.3. The Morgan fingerprint density at radius 2 is 1.68 bits per heavy atom. The molecule has 2 bridgehead atoms. The molecule has 1 aromatic rings. The molecule has 40 heavy (non-hydrogen) atoms. The van der Waals surface area contributed by atoms with Gasteiger partial charge in [0.2, 0.25) is 15.7 Å². The van der Waals surface area contributed by atoms with Crippen LogP contribution in [-0.2, 0) is 15.7 Å². The maximum Gasteiger partial charge on any atom is 0.426 e. The third-order valence-corrected chi connectivity index (χ3v) is 11.3. The van der Waals surface area contributed by atoms with Gasteiger partial charge in [-0.15, -0.1) is 0 Å². The number of allylic oxidation sites excluding steroid dienone is 4. The smallest absolute Gasteiger partial charge is 0.365 e. The molecule has 3 saturated heterocycles. The molecular weight excluding hydrogens is 569 g/mol. The van der Waals surface area contributed by atoms with Crippen LogP contribution in [0.1, 0.15) is 51.0 Å². The molecule has 0 amide bonds. The lowest BCUT2D eigenvalue weighted by Gasteiger charge is -2.51. The van der Waals surface area contributed by atoms with Crippen molar-refractivity contribution in [3.63, 3.8) is 0 Å². The summed E-state index contributed by atoms with van der Waals surface area (Å²) in [7, 11) is -3.86. The van der Waals surface area contributed by atoms with Crippen molar-refractivity contribution in [2.24, 2.45) is 0 Å². The van der Waals surface area contributed by atoms with Gasteiger partial charge in [-0.1, -0.05) is 42.9 Å². The summed E-state index contributed by atoms with van der Waals surface area (Å²) < 4.78 is 97.5. The first kappa shape index (κ1) is 29.6. The van der Waals surface area contributed by atoms with Crippen LogP contribution in [0.25, 0.3) is 0 Å². The van der Waals surface area contributed by atoms with E-state index in [1.807, 2.05) is 4.90 Å². The van der Waals surface area contributed by atoms with E-state index in [9.17, 15) is 30.4 Å². The summed E-state index contributed by atoms with van der Waals surface area (Å²) in [6.45, 7) is 1.59. The Morgan fingerprint density at radius 3 is 2.27 bits per heavy atom. The molecule has 1 aromatic carbocycles. The minimum Gasteiger partial charge on any atom is -0.365 e. The molecule has 4 atom stereocenters. The first-order valence-corrected chi connectivity index (χ1v) is 15.6. The lowest BCUT2D eigenvalue weighted by atomic mass is 9.83. The topological polar surface area (TPSA) is 43.9 Å². The van der Waals surface area contributed by atoms with E-state index >= 15 is 0 Å². The van der Waals surface area contributed by atoms with E-state index in [0.717, 1.165) is 31.4 Å². The number of halogens is 5. The van der Waals surface area contributed by atoms with Gasteiger partial charge < -0.3 is 4.90 Å². The van der Waals surface area contributed by atoms with Gasteiger partial charge in [0.15, 0.2) is 0 Å². The van der Waals surface area contributed by atoms with Crippen molar-refractivity contribution >= 4 is 32.8 Å². The van der Waals surface area contributed by atoms with Gasteiger partial charge in [-0.3, -0.25) is 4.90 Å². The quantitative estimate of drug-likeness (QED) is 0.303. The van der Waals surface area contributed by atoms with Gasteiger partial charge in [0.1, 0.15) is 6.17 Å². The molecule has 5 nitrogen and oxygen atoms in total. The van der Waals surface area contributed by atoms with Gasteiger partial charge in [0.05, 0.1) is 10.9 Å². The number of alkyl halides is 5. The van der Waals surface area contributed by atoms with E-state index in [2.05, 4.69) is 4.90 Å². The van der Waals surface area contributed by atoms with Crippen LogP contribution in [0.4, 0.5) is 27.6 Å². The number of nitrogens with zero attached hydrogens (tertiary/aromatic N) is 3. The third kappa shape index (κ3) is 5.61. The fourth-order valence-electron chi connectivity index (χ4n) is 6.52. The molecule has 3 unspecified atom stereocenters. The second kappa shape index (κ2) is 11.1. The number of benzene rings is 1. The van der Waals surface area contributed by atoms with Crippen molar-refractivity contribution < 1.29 is 30.4 Å². The van der Waals surface area contributed by atoms with Crippen LogP contribution in [0, 0.1) is 0 Å². The van der Waals surface area contributed by atoms with Crippen molar-refractivity contribution in [1.29, 1.82) is 0 Å². The second-order valence-corrected chi connectivity index (χ2v) is 13.7. The number of hydrogen-bond acceptors (Lipinski definition) is 5. The molecule has 0 aromatic heterocycles.